The molecule has 2 nitrogen and oxygen atoms in total. The summed E-state index contributed by atoms with van der Waals surface area (Å²) in [5.74, 6) is 0.606. The maximum Gasteiger partial charge on any atom is 0.119 e. The van der Waals surface area contributed by atoms with Gasteiger partial charge in [0.05, 0.1) is 0 Å². The zero-order chi connectivity index (χ0) is 12.6. The molecule has 2 N–H and O–H groups in total. The Morgan fingerprint density at radius 3 is 2.18 bits per heavy atom. The number of phenols is 2. The monoisotopic (exact) mass is 228 g/mol. The van der Waals surface area contributed by atoms with E-state index in [0.29, 0.717) is 11.5 Å². The summed E-state index contributed by atoms with van der Waals surface area (Å²) in [4.78, 5) is 0. The SMILES string of the molecule is Cc1cc(O)c(C)c(-c2ccc(O)c(C)c2)c1. The summed E-state index contributed by atoms with van der Waals surface area (Å²) < 4.78 is 0. The fraction of sp³-hybridized carbons (Fsp3) is 0.200. The summed E-state index contributed by atoms with van der Waals surface area (Å²) in [6.45, 7) is 5.71. The number of phenolic OH excluding ortho intramolecular Hbond substituents is 2. The van der Waals surface area contributed by atoms with E-state index in [9.17, 15) is 10.2 Å². The molecule has 2 aromatic rings. The van der Waals surface area contributed by atoms with Crippen molar-refractivity contribution in [1.82, 2.24) is 0 Å². The Morgan fingerprint density at radius 2 is 1.53 bits per heavy atom. The highest BCUT2D eigenvalue weighted by molar-refractivity contribution is 5.71. The van der Waals surface area contributed by atoms with E-state index >= 15 is 0 Å². The van der Waals surface area contributed by atoms with Crippen molar-refractivity contribution in [3.05, 3.63) is 47.0 Å². The van der Waals surface area contributed by atoms with Crippen LogP contribution in [0.4, 0.5) is 0 Å². The number of rotatable bonds is 1. The molecule has 88 valence electrons. The zero-order valence-corrected chi connectivity index (χ0v) is 10.3. The fourth-order valence-corrected chi connectivity index (χ4v) is 1.96. The molecule has 0 unspecified atom stereocenters. The van der Waals surface area contributed by atoms with Crippen LogP contribution in [0, 0.1) is 20.8 Å². The fourth-order valence-electron chi connectivity index (χ4n) is 1.96. The van der Waals surface area contributed by atoms with Crippen molar-refractivity contribution >= 4 is 0 Å². The summed E-state index contributed by atoms with van der Waals surface area (Å²) in [5, 5.41) is 19.3. The largest absolute Gasteiger partial charge is 0.508 e. The number of aromatic hydroxyl groups is 2. The Kier molecular flexibility index (Phi) is 2.80. The van der Waals surface area contributed by atoms with Gasteiger partial charge < -0.3 is 10.2 Å². The van der Waals surface area contributed by atoms with Gasteiger partial charge in [0.25, 0.3) is 0 Å². The molecule has 2 rings (SSSR count). The molecule has 0 atom stereocenters. The molecule has 0 amide bonds. The Labute approximate surface area is 101 Å². The van der Waals surface area contributed by atoms with Crippen LogP contribution >= 0.6 is 0 Å². The van der Waals surface area contributed by atoms with Gasteiger partial charge in [0.1, 0.15) is 11.5 Å². The predicted octanol–water partition coefficient (Wildman–Crippen LogP) is 3.69. The normalized spacial score (nSPS) is 10.5. The number of benzene rings is 2. The second-order valence-corrected chi connectivity index (χ2v) is 4.46. The van der Waals surface area contributed by atoms with Gasteiger partial charge >= 0.3 is 0 Å². The summed E-state index contributed by atoms with van der Waals surface area (Å²) >= 11 is 0. The molecule has 2 heteroatoms. The topological polar surface area (TPSA) is 40.5 Å². The zero-order valence-electron chi connectivity index (χ0n) is 10.3. The minimum atomic E-state index is 0.295. The third-order valence-electron chi connectivity index (χ3n) is 3.03. The highest BCUT2D eigenvalue weighted by Crippen LogP contribution is 2.32. The van der Waals surface area contributed by atoms with Gasteiger partial charge in [0.15, 0.2) is 0 Å². The van der Waals surface area contributed by atoms with E-state index in [1.807, 2.05) is 39.0 Å². The third-order valence-corrected chi connectivity index (χ3v) is 3.03. The smallest absolute Gasteiger partial charge is 0.119 e. The molecule has 0 heterocycles. The van der Waals surface area contributed by atoms with Gasteiger partial charge in [-0.25, -0.2) is 0 Å². The van der Waals surface area contributed by atoms with Crippen LogP contribution in [0.15, 0.2) is 30.3 Å². The van der Waals surface area contributed by atoms with E-state index in [1.54, 1.807) is 12.1 Å². The first-order valence-electron chi connectivity index (χ1n) is 5.59. The van der Waals surface area contributed by atoms with Crippen molar-refractivity contribution in [2.24, 2.45) is 0 Å². The van der Waals surface area contributed by atoms with Gasteiger partial charge in [-0.1, -0.05) is 12.1 Å². The molecule has 0 fully saturated rings. The molecular weight excluding hydrogens is 212 g/mol. The van der Waals surface area contributed by atoms with Crippen LogP contribution in [0.25, 0.3) is 11.1 Å². The summed E-state index contributed by atoms with van der Waals surface area (Å²) in [5.41, 5.74) is 4.74. The third kappa shape index (κ3) is 2.11. The molecular formula is C15H16O2. The van der Waals surface area contributed by atoms with Crippen molar-refractivity contribution in [1.29, 1.82) is 0 Å². The first-order valence-corrected chi connectivity index (χ1v) is 5.59. The second kappa shape index (κ2) is 4.13. The van der Waals surface area contributed by atoms with Crippen molar-refractivity contribution < 1.29 is 10.2 Å². The molecule has 0 radical (unpaired) electrons. The van der Waals surface area contributed by atoms with Crippen molar-refractivity contribution in [2.75, 3.05) is 0 Å². The summed E-state index contributed by atoms with van der Waals surface area (Å²) in [7, 11) is 0. The lowest BCUT2D eigenvalue weighted by Crippen LogP contribution is -1.87. The highest BCUT2D eigenvalue weighted by atomic mass is 16.3. The molecule has 17 heavy (non-hydrogen) atoms. The van der Waals surface area contributed by atoms with Gasteiger partial charge in [-0.15, -0.1) is 0 Å². The lowest BCUT2D eigenvalue weighted by molar-refractivity contribution is 0.471. The highest BCUT2D eigenvalue weighted by Gasteiger charge is 2.08. The van der Waals surface area contributed by atoms with Crippen LogP contribution in [0.1, 0.15) is 16.7 Å². The Balaban J connectivity index is 2.64. The average molecular weight is 228 g/mol. The van der Waals surface area contributed by atoms with Gasteiger partial charge in [0.2, 0.25) is 0 Å². The maximum atomic E-state index is 9.82. The van der Waals surface area contributed by atoms with Crippen LogP contribution in [0.3, 0.4) is 0 Å². The van der Waals surface area contributed by atoms with Gasteiger partial charge in [-0.2, -0.15) is 0 Å². The van der Waals surface area contributed by atoms with Gasteiger partial charge in [0, 0.05) is 0 Å². The second-order valence-electron chi connectivity index (χ2n) is 4.46. The standard InChI is InChI=1S/C15H16O2/c1-9-6-13(11(3)15(17)7-9)12-4-5-14(16)10(2)8-12/h4-8,16-17H,1-3H3. The Morgan fingerprint density at radius 1 is 0.824 bits per heavy atom. The molecule has 0 spiro atoms. The van der Waals surface area contributed by atoms with Crippen LogP contribution in [-0.4, -0.2) is 10.2 Å². The van der Waals surface area contributed by atoms with E-state index < -0.39 is 0 Å². The molecule has 0 saturated carbocycles. The maximum absolute atomic E-state index is 9.82. The van der Waals surface area contributed by atoms with Crippen molar-refractivity contribution in [3.63, 3.8) is 0 Å². The lowest BCUT2D eigenvalue weighted by atomic mass is 9.96. The first-order chi connectivity index (χ1) is 7.99. The molecule has 0 aliphatic rings. The van der Waals surface area contributed by atoms with Crippen molar-refractivity contribution in [3.8, 4) is 22.6 Å². The Hall–Kier alpha value is -1.96. The molecule has 0 saturated heterocycles. The van der Waals surface area contributed by atoms with Crippen molar-refractivity contribution in [2.45, 2.75) is 20.8 Å². The molecule has 0 aliphatic heterocycles. The molecule has 0 bridgehead atoms. The van der Waals surface area contributed by atoms with E-state index in [4.69, 9.17) is 0 Å². The van der Waals surface area contributed by atoms with Crippen LogP contribution in [0.5, 0.6) is 11.5 Å². The quantitative estimate of drug-likeness (QED) is 0.781. The van der Waals surface area contributed by atoms with Crippen LogP contribution in [-0.2, 0) is 0 Å². The molecule has 0 aromatic heterocycles. The average Bonchev–Trinajstić information content (AvgIpc) is 2.27. The van der Waals surface area contributed by atoms with E-state index in [-0.39, 0.29) is 0 Å². The number of aryl methyl sites for hydroxylation is 2. The number of hydrogen-bond acceptors (Lipinski definition) is 2. The summed E-state index contributed by atoms with van der Waals surface area (Å²) in [6, 6.07) is 9.27. The molecule has 0 aliphatic carbocycles. The number of hydrogen-bond donors (Lipinski definition) is 2. The minimum Gasteiger partial charge on any atom is -0.508 e. The molecule has 2 aromatic carbocycles. The van der Waals surface area contributed by atoms with E-state index in [1.165, 1.54) is 0 Å². The van der Waals surface area contributed by atoms with Gasteiger partial charge in [-0.05, 0) is 66.8 Å². The minimum absolute atomic E-state index is 0.295. The predicted molar refractivity (Wildman–Crippen MR) is 69.4 cm³/mol. The van der Waals surface area contributed by atoms with Crippen LogP contribution in [0.2, 0.25) is 0 Å². The summed E-state index contributed by atoms with van der Waals surface area (Å²) in [6.07, 6.45) is 0. The Bertz CT molecular complexity index is 571. The van der Waals surface area contributed by atoms with E-state index in [2.05, 4.69) is 0 Å². The van der Waals surface area contributed by atoms with Gasteiger partial charge in [-0.3, -0.25) is 0 Å². The first kappa shape index (κ1) is 11.5. The van der Waals surface area contributed by atoms with Crippen LogP contribution < -0.4 is 0 Å². The lowest BCUT2D eigenvalue weighted by Gasteiger charge is -2.11. The van der Waals surface area contributed by atoms with E-state index in [0.717, 1.165) is 27.8 Å².